The fourth-order valence-corrected chi connectivity index (χ4v) is 2.30. The molecule has 5 nitrogen and oxygen atoms in total. The normalized spacial score (nSPS) is 11.9. The molecule has 1 rings (SSSR count). The number of nitrogens with one attached hydrogen (secondary N) is 1. The van der Waals surface area contributed by atoms with E-state index in [9.17, 15) is 9.59 Å². The SMILES string of the molecule is NC(CSCCC(=O)Nc1ccccc1Cl)C(=O)O. The zero-order chi connectivity index (χ0) is 14.3. The van der Waals surface area contributed by atoms with Gasteiger partial charge < -0.3 is 16.2 Å². The minimum absolute atomic E-state index is 0.163. The second kappa shape index (κ2) is 8.04. The minimum atomic E-state index is -1.03. The number of carbonyl (C=O) groups is 2. The third-order valence-corrected chi connectivity index (χ3v) is 3.65. The number of anilines is 1. The molecule has 1 unspecified atom stereocenters. The summed E-state index contributed by atoms with van der Waals surface area (Å²) in [4.78, 5) is 22.1. The average molecular weight is 303 g/mol. The second-order valence-corrected chi connectivity index (χ2v) is 5.35. The summed E-state index contributed by atoms with van der Waals surface area (Å²) in [5, 5.41) is 11.8. The van der Waals surface area contributed by atoms with Crippen molar-refractivity contribution in [2.75, 3.05) is 16.8 Å². The summed E-state index contributed by atoms with van der Waals surface area (Å²) < 4.78 is 0. The number of nitrogens with two attached hydrogens (primary N) is 1. The van der Waals surface area contributed by atoms with Crippen LogP contribution in [0.4, 0.5) is 5.69 Å². The van der Waals surface area contributed by atoms with E-state index >= 15 is 0 Å². The molecular formula is C12H15ClN2O3S. The molecule has 0 bridgehead atoms. The largest absolute Gasteiger partial charge is 0.480 e. The highest BCUT2D eigenvalue weighted by Gasteiger charge is 2.11. The maximum Gasteiger partial charge on any atom is 0.321 e. The van der Waals surface area contributed by atoms with Gasteiger partial charge in [0.1, 0.15) is 6.04 Å². The molecule has 104 valence electrons. The van der Waals surface area contributed by atoms with Crippen LogP contribution in [0.2, 0.25) is 5.02 Å². The quantitative estimate of drug-likeness (QED) is 0.668. The number of carbonyl (C=O) groups excluding carboxylic acids is 1. The first-order chi connectivity index (χ1) is 9.00. The second-order valence-electron chi connectivity index (χ2n) is 3.80. The molecule has 1 atom stereocenters. The molecule has 0 aliphatic carbocycles. The number of halogens is 1. The van der Waals surface area contributed by atoms with E-state index in [4.69, 9.17) is 22.4 Å². The van der Waals surface area contributed by atoms with Crippen LogP contribution in [0.3, 0.4) is 0 Å². The van der Waals surface area contributed by atoms with Gasteiger partial charge in [-0.05, 0) is 12.1 Å². The molecule has 1 aromatic rings. The van der Waals surface area contributed by atoms with Crippen LogP contribution in [0.15, 0.2) is 24.3 Å². The Morgan fingerprint density at radius 1 is 1.42 bits per heavy atom. The smallest absolute Gasteiger partial charge is 0.321 e. The number of amides is 1. The summed E-state index contributed by atoms with van der Waals surface area (Å²) in [5.74, 6) is -0.399. The van der Waals surface area contributed by atoms with Gasteiger partial charge in [0, 0.05) is 17.9 Å². The zero-order valence-electron chi connectivity index (χ0n) is 10.1. The Balaban J connectivity index is 2.26. The standard InChI is InChI=1S/C12H15ClN2O3S/c13-8-3-1-2-4-10(8)15-11(16)5-6-19-7-9(14)12(17)18/h1-4,9H,5-7,14H2,(H,15,16)(H,17,18). The predicted molar refractivity (Wildman–Crippen MR) is 77.6 cm³/mol. The van der Waals surface area contributed by atoms with E-state index in [2.05, 4.69) is 5.32 Å². The number of hydrogen-bond acceptors (Lipinski definition) is 4. The number of hydrogen-bond donors (Lipinski definition) is 3. The molecule has 0 aliphatic rings. The Hall–Kier alpha value is -1.24. The lowest BCUT2D eigenvalue weighted by Crippen LogP contribution is -2.32. The van der Waals surface area contributed by atoms with E-state index in [0.717, 1.165) is 0 Å². The average Bonchev–Trinajstić information content (AvgIpc) is 2.37. The molecule has 0 fully saturated rings. The van der Waals surface area contributed by atoms with Crippen LogP contribution < -0.4 is 11.1 Å². The summed E-state index contributed by atoms with van der Waals surface area (Å²) in [6, 6.07) is 6.08. The zero-order valence-corrected chi connectivity index (χ0v) is 11.7. The highest BCUT2D eigenvalue weighted by Crippen LogP contribution is 2.20. The topological polar surface area (TPSA) is 92.4 Å². The number of benzene rings is 1. The fraction of sp³-hybridized carbons (Fsp3) is 0.333. The monoisotopic (exact) mass is 302 g/mol. The lowest BCUT2D eigenvalue weighted by molar-refractivity contribution is -0.137. The molecule has 19 heavy (non-hydrogen) atoms. The first-order valence-corrected chi connectivity index (χ1v) is 7.14. The summed E-state index contributed by atoms with van der Waals surface area (Å²) >= 11 is 7.24. The van der Waals surface area contributed by atoms with E-state index in [0.29, 0.717) is 16.5 Å². The van der Waals surface area contributed by atoms with Gasteiger partial charge in [0.2, 0.25) is 5.91 Å². The number of para-hydroxylation sites is 1. The van der Waals surface area contributed by atoms with Crippen molar-refractivity contribution in [2.45, 2.75) is 12.5 Å². The van der Waals surface area contributed by atoms with E-state index in [1.807, 2.05) is 0 Å². The molecule has 0 aromatic heterocycles. The van der Waals surface area contributed by atoms with E-state index in [1.54, 1.807) is 24.3 Å². The fourth-order valence-electron chi connectivity index (χ4n) is 1.22. The maximum atomic E-state index is 11.6. The lowest BCUT2D eigenvalue weighted by atomic mass is 10.3. The van der Waals surface area contributed by atoms with Crippen molar-refractivity contribution in [3.63, 3.8) is 0 Å². The molecule has 0 radical (unpaired) electrons. The van der Waals surface area contributed by atoms with Crippen molar-refractivity contribution in [3.8, 4) is 0 Å². The number of rotatable bonds is 7. The summed E-state index contributed by atoms with van der Waals surface area (Å²) in [6.45, 7) is 0. The molecule has 0 aliphatic heterocycles. The molecular weight excluding hydrogens is 288 g/mol. The number of carboxylic acid groups (broad SMARTS) is 1. The van der Waals surface area contributed by atoms with Gasteiger partial charge in [0.25, 0.3) is 0 Å². The van der Waals surface area contributed by atoms with Gasteiger partial charge in [-0.2, -0.15) is 11.8 Å². The van der Waals surface area contributed by atoms with Crippen LogP contribution in [-0.2, 0) is 9.59 Å². The van der Waals surface area contributed by atoms with Gasteiger partial charge in [-0.15, -0.1) is 0 Å². The Bertz CT molecular complexity index is 456. The van der Waals surface area contributed by atoms with Gasteiger partial charge in [-0.3, -0.25) is 9.59 Å². The van der Waals surface area contributed by atoms with Gasteiger partial charge in [-0.1, -0.05) is 23.7 Å². The van der Waals surface area contributed by atoms with Crippen molar-refractivity contribution in [1.29, 1.82) is 0 Å². The molecule has 1 aromatic carbocycles. The van der Waals surface area contributed by atoms with Crippen LogP contribution in [0.5, 0.6) is 0 Å². The molecule has 1 amide bonds. The number of thioether (sulfide) groups is 1. The third kappa shape index (κ3) is 5.96. The predicted octanol–water partition coefficient (Wildman–Crippen LogP) is 1.81. The van der Waals surface area contributed by atoms with Gasteiger partial charge in [0.05, 0.1) is 10.7 Å². The van der Waals surface area contributed by atoms with Crippen LogP contribution in [0, 0.1) is 0 Å². The molecule has 0 saturated carbocycles. The first-order valence-electron chi connectivity index (χ1n) is 5.61. The number of aliphatic carboxylic acids is 1. The summed E-state index contributed by atoms with van der Waals surface area (Å²) in [5.41, 5.74) is 5.91. The van der Waals surface area contributed by atoms with Crippen molar-refractivity contribution >= 4 is 40.9 Å². The van der Waals surface area contributed by atoms with Gasteiger partial charge in [-0.25, -0.2) is 0 Å². The van der Waals surface area contributed by atoms with Crippen molar-refractivity contribution in [2.24, 2.45) is 5.73 Å². The maximum absolute atomic E-state index is 11.6. The first kappa shape index (κ1) is 15.8. The molecule has 0 heterocycles. The van der Waals surface area contributed by atoms with Crippen LogP contribution in [0.1, 0.15) is 6.42 Å². The van der Waals surface area contributed by atoms with Crippen molar-refractivity contribution in [1.82, 2.24) is 0 Å². The summed E-state index contributed by atoms with van der Waals surface area (Å²) in [7, 11) is 0. The van der Waals surface area contributed by atoms with Crippen LogP contribution in [0.25, 0.3) is 0 Å². The molecule has 4 N–H and O–H groups in total. The number of carboxylic acids is 1. The Morgan fingerprint density at radius 2 is 2.11 bits per heavy atom. The minimum Gasteiger partial charge on any atom is -0.480 e. The van der Waals surface area contributed by atoms with Gasteiger partial charge >= 0.3 is 5.97 Å². The van der Waals surface area contributed by atoms with Crippen LogP contribution >= 0.6 is 23.4 Å². The Kier molecular flexibility index (Phi) is 6.69. The van der Waals surface area contributed by atoms with E-state index in [1.165, 1.54) is 11.8 Å². The molecule has 0 spiro atoms. The Morgan fingerprint density at radius 3 is 2.74 bits per heavy atom. The third-order valence-electron chi connectivity index (χ3n) is 2.24. The Labute approximate surface area is 120 Å². The van der Waals surface area contributed by atoms with Crippen molar-refractivity contribution < 1.29 is 14.7 Å². The van der Waals surface area contributed by atoms with Crippen LogP contribution in [-0.4, -0.2) is 34.5 Å². The lowest BCUT2D eigenvalue weighted by Gasteiger charge is -2.08. The molecule has 0 saturated heterocycles. The van der Waals surface area contributed by atoms with Crippen molar-refractivity contribution in [3.05, 3.63) is 29.3 Å². The summed E-state index contributed by atoms with van der Waals surface area (Å²) in [6.07, 6.45) is 0.280. The van der Waals surface area contributed by atoms with E-state index in [-0.39, 0.29) is 18.1 Å². The highest BCUT2D eigenvalue weighted by atomic mass is 35.5. The molecule has 7 heteroatoms. The van der Waals surface area contributed by atoms with E-state index < -0.39 is 12.0 Å². The van der Waals surface area contributed by atoms with Gasteiger partial charge in [0.15, 0.2) is 0 Å². The highest BCUT2D eigenvalue weighted by molar-refractivity contribution is 7.99.